The number of aliphatic carboxylic acids is 1. The Morgan fingerprint density at radius 2 is 1.82 bits per heavy atom. The number of anilines is 1. The van der Waals surface area contributed by atoms with Crippen LogP contribution >= 0.6 is 0 Å². The number of allylic oxidation sites excluding steroid dienone is 1. The van der Waals surface area contributed by atoms with Crippen molar-refractivity contribution >= 4 is 29.1 Å². The molecule has 0 saturated heterocycles. The van der Waals surface area contributed by atoms with Gasteiger partial charge in [0, 0.05) is 5.69 Å². The minimum atomic E-state index is -1.51. The average Bonchev–Trinajstić information content (AvgIpc) is 2.48. The standard InChI is InChI=1S/C18H17NO3/c1-11-5-3-4-6-13(11)9-12(2)14-7-8-15(16(19)10-14)17(20)18(21)22/h3-10H,19H2,1-2H3,(H,21,22)/b12-9+. The first-order chi connectivity index (χ1) is 10.4. The van der Waals surface area contributed by atoms with E-state index in [1.165, 1.54) is 6.07 Å². The summed E-state index contributed by atoms with van der Waals surface area (Å²) in [6.45, 7) is 3.97. The fraction of sp³-hybridized carbons (Fsp3) is 0.111. The monoisotopic (exact) mass is 295 g/mol. The van der Waals surface area contributed by atoms with Crippen molar-refractivity contribution in [3.05, 3.63) is 64.7 Å². The lowest BCUT2D eigenvalue weighted by atomic mass is 9.98. The molecule has 0 atom stereocenters. The minimum absolute atomic E-state index is 0.0138. The maximum atomic E-state index is 11.5. The molecule has 0 aliphatic carbocycles. The number of benzene rings is 2. The molecule has 0 aliphatic heterocycles. The molecular weight excluding hydrogens is 278 g/mol. The molecule has 0 aromatic heterocycles. The van der Waals surface area contributed by atoms with Gasteiger partial charge in [-0.05, 0) is 48.2 Å². The number of aryl methyl sites for hydroxylation is 1. The van der Waals surface area contributed by atoms with Crippen LogP contribution in [0.15, 0.2) is 42.5 Å². The molecule has 2 aromatic rings. The molecule has 0 fully saturated rings. The molecule has 0 radical (unpaired) electrons. The van der Waals surface area contributed by atoms with Crippen LogP contribution in [0.25, 0.3) is 11.6 Å². The second-order valence-electron chi connectivity index (χ2n) is 5.12. The van der Waals surface area contributed by atoms with Crippen LogP contribution in [0, 0.1) is 6.92 Å². The third kappa shape index (κ3) is 3.23. The molecule has 0 spiro atoms. The van der Waals surface area contributed by atoms with E-state index in [0.717, 1.165) is 22.3 Å². The second kappa shape index (κ2) is 6.26. The lowest BCUT2D eigenvalue weighted by molar-refractivity contribution is -0.131. The zero-order valence-corrected chi connectivity index (χ0v) is 12.5. The summed E-state index contributed by atoms with van der Waals surface area (Å²) in [5.41, 5.74) is 10.1. The smallest absolute Gasteiger partial charge is 0.377 e. The number of hydrogen-bond acceptors (Lipinski definition) is 3. The molecule has 2 aromatic carbocycles. The van der Waals surface area contributed by atoms with Gasteiger partial charge in [-0.25, -0.2) is 4.79 Å². The van der Waals surface area contributed by atoms with E-state index >= 15 is 0 Å². The Kier molecular flexibility index (Phi) is 4.41. The summed E-state index contributed by atoms with van der Waals surface area (Å²) in [5.74, 6) is -2.50. The molecular formula is C18H17NO3. The van der Waals surface area contributed by atoms with Crippen LogP contribution in [0.2, 0.25) is 0 Å². The summed E-state index contributed by atoms with van der Waals surface area (Å²) in [5, 5.41) is 8.75. The number of carbonyl (C=O) groups excluding carboxylic acids is 1. The number of nitrogen functional groups attached to an aromatic ring is 1. The summed E-state index contributed by atoms with van der Waals surface area (Å²) >= 11 is 0. The van der Waals surface area contributed by atoms with Crippen molar-refractivity contribution in [2.45, 2.75) is 13.8 Å². The van der Waals surface area contributed by atoms with E-state index in [1.54, 1.807) is 12.1 Å². The Morgan fingerprint density at radius 3 is 2.41 bits per heavy atom. The fourth-order valence-corrected chi connectivity index (χ4v) is 2.20. The number of hydrogen-bond donors (Lipinski definition) is 2. The van der Waals surface area contributed by atoms with E-state index in [1.807, 2.05) is 44.2 Å². The molecule has 22 heavy (non-hydrogen) atoms. The van der Waals surface area contributed by atoms with Crippen LogP contribution in [0.1, 0.15) is 34.0 Å². The molecule has 0 saturated carbocycles. The van der Waals surface area contributed by atoms with Crippen molar-refractivity contribution in [3.8, 4) is 0 Å². The predicted octanol–water partition coefficient (Wildman–Crippen LogP) is 3.41. The number of ketones is 1. The molecule has 0 heterocycles. The molecule has 4 heteroatoms. The van der Waals surface area contributed by atoms with E-state index in [9.17, 15) is 9.59 Å². The van der Waals surface area contributed by atoms with Crippen LogP contribution in [0.5, 0.6) is 0 Å². The van der Waals surface area contributed by atoms with E-state index in [2.05, 4.69) is 0 Å². The highest BCUT2D eigenvalue weighted by Crippen LogP contribution is 2.23. The highest BCUT2D eigenvalue weighted by molar-refractivity contribution is 6.41. The largest absolute Gasteiger partial charge is 0.475 e. The van der Waals surface area contributed by atoms with Gasteiger partial charge in [0.25, 0.3) is 5.78 Å². The van der Waals surface area contributed by atoms with Gasteiger partial charge in [0.1, 0.15) is 0 Å². The molecule has 2 rings (SSSR count). The Hall–Kier alpha value is -2.88. The normalized spacial score (nSPS) is 11.3. The van der Waals surface area contributed by atoms with Gasteiger partial charge in [-0.2, -0.15) is 0 Å². The van der Waals surface area contributed by atoms with Crippen LogP contribution in [0.4, 0.5) is 5.69 Å². The number of nitrogens with two attached hydrogens (primary N) is 1. The van der Waals surface area contributed by atoms with E-state index in [-0.39, 0.29) is 11.3 Å². The van der Waals surface area contributed by atoms with Crippen molar-refractivity contribution in [2.24, 2.45) is 0 Å². The van der Waals surface area contributed by atoms with Gasteiger partial charge in [0.15, 0.2) is 0 Å². The number of carboxylic acid groups (broad SMARTS) is 1. The summed E-state index contributed by atoms with van der Waals surface area (Å²) < 4.78 is 0. The maximum Gasteiger partial charge on any atom is 0.377 e. The van der Waals surface area contributed by atoms with Crippen molar-refractivity contribution < 1.29 is 14.7 Å². The Morgan fingerprint density at radius 1 is 1.14 bits per heavy atom. The predicted molar refractivity (Wildman–Crippen MR) is 87.5 cm³/mol. The molecule has 4 nitrogen and oxygen atoms in total. The highest BCUT2D eigenvalue weighted by Gasteiger charge is 2.17. The van der Waals surface area contributed by atoms with Crippen LogP contribution in [-0.4, -0.2) is 16.9 Å². The van der Waals surface area contributed by atoms with Gasteiger partial charge in [-0.1, -0.05) is 36.4 Å². The third-order valence-electron chi connectivity index (χ3n) is 3.51. The summed E-state index contributed by atoms with van der Waals surface area (Å²) in [7, 11) is 0. The van der Waals surface area contributed by atoms with E-state index < -0.39 is 11.8 Å². The topological polar surface area (TPSA) is 80.4 Å². The lowest BCUT2D eigenvalue weighted by Gasteiger charge is -2.08. The summed E-state index contributed by atoms with van der Waals surface area (Å²) in [6.07, 6.45) is 2.03. The van der Waals surface area contributed by atoms with Crippen LogP contribution in [0.3, 0.4) is 0 Å². The van der Waals surface area contributed by atoms with E-state index in [0.29, 0.717) is 0 Å². The van der Waals surface area contributed by atoms with Gasteiger partial charge in [-0.3, -0.25) is 4.79 Å². The Bertz CT molecular complexity index is 776. The molecule has 0 unspecified atom stereocenters. The van der Waals surface area contributed by atoms with Crippen LogP contribution < -0.4 is 5.73 Å². The first-order valence-corrected chi connectivity index (χ1v) is 6.81. The number of carboxylic acids is 1. The number of carbonyl (C=O) groups is 2. The lowest BCUT2D eigenvalue weighted by Crippen LogP contribution is -2.14. The van der Waals surface area contributed by atoms with Crippen molar-refractivity contribution in [1.29, 1.82) is 0 Å². The quantitative estimate of drug-likeness (QED) is 0.392. The average molecular weight is 295 g/mol. The Labute approximate surface area is 128 Å². The van der Waals surface area contributed by atoms with Gasteiger partial charge < -0.3 is 10.8 Å². The van der Waals surface area contributed by atoms with Gasteiger partial charge in [0.2, 0.25) is 0 Å². The third-order valence-corrected chi connectivity index (χ3v) is 3.51. The number of Topliss-reactive ketones (excluding diaryl/α,β-unsaturated/α-hetero) is 1. The summed E-state index contributed by atoms with van der Waals surface area (Å²) in [4.78, 5) is 22.2. The van der Waals surface area contributed by atoms with Crippen molar-refractivity contribution in [1.82, 2.24) is 0 Å². The van der Waals surface area contributed by atoms with E-state index in [4.69, 9.17) is 10.8 Å². The molecule has 0 amide bonds. The van der Waals surface area contributed by atoms with Crippen molar-refractivity contribution in [2.75, 3.05) is 5.73 Å². The van der Waals surface area contributed by atoms with Gasteiger partial charge >= 0.3 is 5.97 Å². The first-order valence-electron chi connectivity index (χ1n) is 6.81. The minimum Gasteiger partial charge on any atom is -0.475 e. The molecule has 0 bridgehead atoms. The zero-order chi connectivity index (χ0) is 16.3. The molecule has 0 aliphatic rings. The zero-order valence-electron chi connectivity index (χ0n) is 12.5. The summed E-state index contributed by atoms with van der Waals surface area (Å²) in [6, 6.07) is 12.8. The Balaban J connectivity index is 2.38. The molecule has 112 valence electrons. The molecule has 3 N–H and O–H groups in total. The van der Waals surface area contributed by atoms with Gasteiger partial charge in [-0.15, -0.1) is 0 Å². The maximum absolute atomic E-state index is 11.5. The van der Waals surface area contributed by atoms with Crippen LogP contribution in [-0.2, 0) is 4.79 Å². The first kappa shape index (κ1) is 15.5. The van der Waals surface area contributed by atoms with Crippen molar-refractivity contribution in [3.63, 3.8) is 0 Å². The van der Waals surface area contributed by atoms with Gasteiger partial charge in [0.05, 0.1) is 5.56 Å². The fourth-order valence-electron chi connectivity index (χ4n) is 2.20. The number of rotatable bonds is 4. The highest BCUT2D eigenvalue weighted by atomic mass is 16.4. The second-order valence-corrected chi connectivity index (χ2v) is 5.12. The SMILES string of the molecule is C/C(=C\c1ccccc1C)c1ccc(C(=O)C(=O)O)c(N)c1.